The normalized spacial score (nSPS) is 23.7. The van der Waals surface area contributed by atoms with Crippen molar-refractivity contribution >= 4 is 5.97 Å². The second-order valence-corrected chi connectivity index (χ2v) is 5.50. The summed E-state index contributed by atoms with van der Waals surface area (Å²) in [7, 11) is 1.80. The van der Waals surface area contributed by atoms with Gasteiger partial charge in [-0.2, -0.15) is 0 Å². The highest BCUT2D eigenvalue weighted by molar-refractivity contribution is 5.80. The Kier molecular flexibility index (Phi) is 3.73. The highest BCUT2D eigenvalue weighted by Crippen LogP contribution is 2.41. The average Bonchev–Trinajstić information content (AvgIpc) is 3.17. The highest BCUT2D eigenvalue weighted by atomic mass is 16.4. The molecule has 1 unspecified atom stereocenters. The summed E-state index contributed by atoms with van der Waals surface area (Å²) in [6.45, 7) is 3.85. The van der Waals surface area contributed by atoms with Crippen molar-refractivity contribution in [2.75, 3.05) is 20.1 Å². The maximum atomic E-state index is 11.6. The second-order valence-electron chi connectivity index (χ2n) is 5.50. The lowest BCUT2D eigenvalue weighted by Gasteiger charge is -2.35. The molecule has 0 aromatic rings. The standard InChI is InChI=1S/C13H24N2O2/c1-3-8-15(11-6-7-11)9-13(14-2,12(16)17)10-4-5-10/h10-11,14H,3-9H2,1-2H3,(H,16,17). The van der Waals surface area contributed by atoms with Gasteiger partial charge in [0.15, 0.2) is 0 Å². The van der Waals surface area contributed by atoms with E-state index < -0.39 is 11.5 Å². The van der Waals surface area contributed by atoms with E-state index in [0.717, 1.165) is 25.8 Å². The molecule has 2 fully saturated rings. The molecule has 0 amide bonds. The molecule has 2 saturated carbocycles. The van der Waals surface area contributed by atoms with Crippen LogP contribution in [0.4, 0.5) is 0 Å². The number of nitrogens with one attached hydrogen (secondary N) is 1. The van der Waals surface area contributed by atoms with Gasteiger partial charge in [-0.3, -0.25) is 9.69 Å². The SMILES string of the molecule is CCCN(CC(NC)(C(=O)O)C1CC1)C1CC1. The molecule has 0 radical (unpaired) electrons. The maximum Gasteiger partial charge on any atom is 0.325 e. The zero-order valence-corrected chi connectivity index (χ0v) is 10.9. The van der Waals surface area contributed by atoms with Gasteiger partial charge in [0.2, 0.25) is 0 Å². The predicted octanol–water partition coefficient (Wildman–Crippen LogP) is 1.31. The first-order valence-electron chi connectivity index (χ1n) is 6.80. The van der Waals surface area contributed by atoms with E-state index in [2.05, 4.69) is 17.1 Å². The minimum absolute atomic E-state index is 0.322. The van der Waals surface area contributed by atoms with Crippen LogP contribution >= 0.6 is 0 Å². The third kappa shape index (κ3) is 2.63. The van der Waals surface area contributed by atoms with Crippen molar-refractivity contribution in [2.45, 2.75) is 50.6 Å². The third-order valence-corrected chi connectivity index (χ3v) is 4.13. The second kappa shape index (κ2) is 4.94. The topological polar surface area (TPSA) is 52.6 Å². The summed E-state index contributed by atoms with van der Waals surface area (Å²) in [5.41, 5.74) is -0.711. The third-order valence-electron chi connectivity index (χ3n) is 4.13. The van der Waals surface area contributed by atoms with Crippen LogP contribution in [0.3, 0.4) is 0 Å². The van der Waals surface area contributed by atoms with Crippen molar-refractivity contribution in [1.29, 1.82) is 0 Å². The van der Waals surface area contributed by atoms with E-state index in [-0.39, 0.29) is 0 Å². The fraction of sp³-hybridized carbons (Fsp3) is 0.923. The first-order valence-corrected chi connectivity index (χ1v) is 6.80. The van der Waals surface area contributed by atoms with Crippen LogP contribution in [0.2, 0.25) is 0 Å². The fourth-order valence-corrected chi connectivity index (χ4v) is 2.78. The smallest absolute Gasteiger partial charge is 0.325 e. The van der Waals surface area contributed by atoms with Crippen molar-refractivity contribution in [3.8, 4) is 0 Å². The molecule has 1 atom stereocenters. The summed E-state index contributed by atoms with van der Waals surface area (Å²) in [6.07, 6.45) is 5.68. The summed E-state index contributed by atoms with van der Waals surface area (Å²) in [4.78, 5) is 14.0. The Labute approximate surface area is 103 Å². The number of likely N-dealkylation sites (N-methyl/N-ethyl adjacent to an activating group) is 1. The lowest BCUT2D eigenvalue weighted by atomic mass is 9.92. The van der Waals surface area contributed by atoms with Crippen LogP contribution in [0.5, 0.6) is 0 Å². The van der Waals surface area contributed by atoms with Gasteiger partial charge in [0.05, 0.1) is 0 Å². The number of carbonyl (C=O) groups is 1. The molecule has 0 heterocycles. The molecule has 0 spiro atoms. The molecule has 98 valence electrons. The van der Waals surface area contributed by atoms with Crippen molar-refractivity contribution in [1.82, 2.24) is 10.2 Å². The molecule has 0 aromatic carbocycles. The van der Waals surface area contributed by atoms with Crippen LogP contribution in [0.15, 0.2) is 0 Å². The lowest BCUT2D eigenvalue weighted by molar-refractivity contribution is -0.146. The summed E-state index contributed by atoms with van der Waals surface area (Å²) >= 11 is 0. The molecule has 4 heteroatoms. The predicted molar refractivity (Wildman–Crippen MR) is 67.0 cm³/mol. The number of carboxylic acids is 1. The monoisotopic (exact) mass is 240 g/mol. The van der Waals surface area contributed by atoms with Crippen molar-refractivity contribution < 1.29 is 9.90 Å². The van der Waals surface area contributed by atoms with Crippen molar-refractivity contribution in [3.63, 3.8) is 0 Å². The zero-order chi connectivity index (χ0) is 12.5. The molecule has 0 aliphatic heterocycles. The van der Waals surface area contributed by atoms with Gasteiger partial charge in [-0.15, -0.1) is 0 Å². The molecule has 2 N–H and O–H groups in total. The first-order chi connectivity index (χ1) is 8.14. The minimum atomic E-state index is -0.711. The number of aliphatic carboxylic acids is 1. The molecule has 0 bridgehead atoms. The Balaban J connectivity index is 2.06. The van der Waals surface area contributed by atoms with Crippen LogP contribution < -0.4 is 5.32 Å². The van der Waals surface area contributed by atoms with Gasteiger partial charge >= 0.3 is 5.97 Å². The Morgan fingerprint density at radius 3 is 2.41 bits per heavy atom. The van der Waals surface area contributed by atoms with E-state index in [1.165, 1.54) is 12.8 Å². The molecule has 2 aliphatic rings. The largest absolute Gasteiger partial charge is 0.480 e. The van der Waals surface area contributed by atoms with Gasteiger partial charge in [-0.1, -0.05) is 6.92 Å². The van der Waals surface area contributed by atoms with E-state index in [1.807, 2.05) is 0 Å². The maximum absolute atomic E-state index is 11.6. The summed E-state index contributed by atoms with van der Waals surface area (Å²) < 4.78 is 0. The number of hydrogen-bond acceptors (Lipinski definition) is 3. The fourth-order valence-electron chi connectivity index (χ4n) is 2.78. The number of nitrogens with zero attached hydrogens (tertiary/aromatic N) is 1. The Morgan fingerprint density at radius 2 is 2.06 bits per heavy atom. The van der Waals surface area contributed by atoms with E-state index in [0.29, 0.717) is 18.5 Å². The Hall–Kier alpha value is -0.610. The van der Waals surface area contributed by atoms with Gasteiger partial charge < -0.3 is 10.4 Å². The molecule has 17 heavy (non-hydrogen) atoms. The minimum Gasteiger partial charge on any atom is -0.480 e. The van der Waals surface area contributed by atoms with Gasteiger partial charge in [-0.05, 0) is 51.6 Å². The summed E-state index contributed by atoms with van der Waals surface area (Å²) in [5.74, 6) is -0.354. The van der Waals surface area contributed by atoms with E-state index in [4.69, 9.17) is 0 Å². The number of hydrogen-bond donors (Lipinski definition) is 2. The van der Waals surface area contributed by atoms with Crippen LogP contribution in [-0.4, -0.2) is 47.7 Å². The van der Waals surface area contributed by atoms with Gasteiger partial charge in [-0.25, -0.2) is 0 Å². The van der Waals surface area contributed by atoms with Crippen LogP contribution in [0.25, 0.3) is 0 Å². The van der Waals surface area contributed by atoms with E-state index in [1.54, 1.807) is 7.05 Å². The van der Waals surface area contributed by atoms with Crippen LogP contribution in [0.1, 0.15) is 39.0 Å². The van der Waals surface area contributed by atoms with Gasteiger partial charge in [0, 0.05) is 12.6 Å². The molecular formula is C13H24N2O2. The summed E-state index contributed by atoms with van der Waals surface area (Å²) in [6, 6.07) is 0.640. The average molecular weight is 240 g/mol. The Morgan fingerprint density at radius 1 is 1.41 bits per heavy atom. The molecule has 2 aliphatic carbocycles. The quantitative estimate of drug-likeness (QED) is 0.672. The molecule has 0 aromatic heterocycles. The van der Waals surface area contributed by atoms with Crippen LogP contribution in [0, 0.1) is 5.92 Å². The number of rotatable bonds is 8. The van der Waals surface area contributed by atoms with E-state index in [9.17, 15) is 9.90 Å². The molecular weight excluding hydrogens is 216 g/mol. The zero-order valence-electron chi connectivity index (χ0n) is 10.9. The van der Waals surface area contributed by atoms with E-state index >= 15 is 0 Å². The molecule has 4 nitrogen and oxygen atoms in total. The lowest BCUT2D eigenvalue weighted by Crippen LogP contribution is -2.60. The van der Waals surface area contributed by atoms with Crippen LogP contribution in [-0.2, 0) is 4.79 Å². The first kappa shape index (κ1) is 12.8. The van der Waals surface area contributed by atoms with Gasteiger partial charge in [0.25, 0.3) is 0 Å². The van der Waals surface area contributed by atoms with Crippen molar-refractivity contribution in [2.24, 2.45) is 5.92 Å². The Bertz CT molecular complexity index is 287. The van der Waals surface area contributed by atoms with Gasteiger partial charge in [0.1, 0.15) is 5.54 Å². The molecule has 2 rings (SSSR count). The highest BCUT2D eigenvalue weighted by Gasteiger charge is 2.52. The number of carboxylic acid groups (broad SMARTS) is 1. The molecule has 0 saturated heterocycles. The van der Waals surface area contributed by atoms with Crippen molar-refractivity contribution in [3.05, 3.63) is 0 Å². The summed E-state index contributed by atoms with van der Waals surface area (Å²) in [5, 5.41) is 12.7.